The summed E-state index contributed by atoms with van der Waals surface area (Å²) in [4.78, 5) is 18.6. The van der Waals surface area contributed by atoms with Gasteiger partial charge in [0.2, 0.25) is 0 Å². The molecule has 0 fully saturated rings. The van der Waals surface area contributed by atoms with Crippen LogP contribution in [0.3, 0.4) is 0 Å². The number of nitrogens with two attached hydrogens (primary N) is 1. The average molecular weight is 187 g/mol. The van der Waals surface area contributed by atoms with Crippen molar-refractivity contribution in [3.63, 3.8) is 0 Å². The molecule has 0 unspecified atom stereocenters. The van der Waals surface area contributed by atoms with Crippen LogP contribution in [0.1, 0.15) is 16.2 Å². The Morgan fingerprint density at radius 1 is 1.75 bits per heavy atom. The van der Waals surface area contributed by atoms with Crippen molar-refractivity contribution in [2.75, 3.05) is 0 Å². The summed E-state index contributed by atoms with van der Waals surface area (Å²) in [5, 5.41) is 0.251. The van der Waals surface area contributed by atoms with E-state index in [0.717, 1.165) is 0 Å². The summed E-state index contributed by atoms with van der Waals surface area (Å²) in [6.45, 7) is 1.63. The second-order valence-electron chi connectivity index (χ2n) is 2.10. The second-order valence-corrected chi connectivity index (χ2v) is 2.49. The number of aryl methyl sites for hydroxylation is 1. The van der Waals surface area contributed by atoms with Gasteiger partial charge < -0.3 is 0 Å². The van der Waals surface area contributed by atoms with Gasteiger partial charge in [-0.25, -0.2) is 15.8 Å². The SMILES string of the molecule is Cc1nc(Cl)cnc1C(=O)NN. The molecule has 0 atom stereocenters. The largest absolute Gasteiger partial charge is 0.289 e. The standard InChI is InChI=1S/C6H7ClN4O/c1-3-5(6(12)11-8)9-2-4(7)10-3/h2H,8H2,1H3,(H,11,12). The summed E-state index contributed by atoms with van der Waals surface area (Å²) >= 11 is 5.53. The van der Waals surface area contributed by atoms with Crippen LogP contribution < -0.4 is 11.3 Å². The minimum Gasteiger partial charge on any atom is -0.289 e. The molecule has 1 amide bonds. The van der Waals surface area contributed by atoms with E-state index >= 15 is 0 Å². The molecule has 0 aliphatic carbocycles. The van der Waals surface area contributed by atoms with E-state index in [1.807, 2.05) is 5.43 Å². The molecule has 0 saturated heterocycles. The van der Waals surface area contributed by atoms with Crippen molar-refractivity contribution in [1.82, 2.24) is 15.4 Å². The number of halogens is 1. The Bertz CT molecular complexity index is 314. The van der Waals surface area contributed by atoms with Gasteiger partial charge in [0.05, 0.1) is 11.9 Å². The first-order chi connectivity index (χ1) is 5.65. The van der Waals surface area contributed by atoms with Crippen LogP contribution >= 0.6 is 11.6 Å². The van der Waals surface area contributed by atoms with E-state index in [4.69, 9.17) is 17.4 Å². The molecule has 6 heteroatoms. The number of aromatic nitrogens is 2. The van der Waals surface area contributed by atoms with Crippen molar-refractivity contribution in [3.05, 3.63) is 22.7 Å². The maximum atomic E-state index is 11.0. The zero-order valence-electron chi connectivity index (χ0n) is 6.34. The topological polar surface area (TPSA) is 80.9 Å². The zero-order chi connectivity index (χ0) is 9.14. The highest BCUT2D eigenvalue weighted by Gasteiger charge is 2.09. The van der Waals surface area contributed by atoms with Crippen molar-refractivity contribution in [3.8, 4) is 0 Å². The van der Waals surface area contributed by atoms with E-state index < -0.39 is 5.91 Å². The van der Waals surface area contributed by atoms with E-state index in [-0.39, 0.29) is 10.8 Å². The number of rotatable bonds is 1. The van der Waals surface area contributed by atoms with Gasteiger partial charge in [-0.3, -0.25) is 10.2 Å². The van der Waals surface area contributed by atoms with Crippen LogP contribution in [0.2, 0.25) is 5.15 Å². The molecule has 64 valence electrons. The molecule has 0 aliphatic rings. The maximum absolute atomic E-state index is 11.0. The number of carbonyl (C=O) groups excluding carboxylic acids is 1. The van der Waals surface area contributed by atoms with E-state index in [1.165, 1.54) is 6.20 Å². The van der Waals surface area contributed by atoms with Crippen molar-refractivity contribution in [2.24, 2.45) is 5.84 Å². The lowest BCUT2D eigenvalue weighted by molar-refractivity contribution is 0.0947. The van der Waals surface area contributed by atoms with Crippen LogP contribution in [0.15, 0.2) is 6.20 Å². The van der Waals surface area contributed by atoms with Crippen LogP contribution in [-0.4, -0.2) is 15.9 Å². The fraction of sp³-hybridized carbons (Fsp3) is 0.167. The monoisotopic (exact) mass is 186 g/mol. The molecule has 5 nitrogen and oxygen atoms in total. The number of hydrazine groups is 1. The molecule has 1 rings (SSSR count). The van der Waals surface area contributed by atoms with Crippen molar-refractivity contribution in [2.45, 2.75) is 6.92 Å². The number of nitrogen functional groups attached to an aromatic ring is 1. The summed E-state index contributed by atoms with van der Waals surface area (Å²) in [6.07, 6.45) is 1.29. The highest BCUT2D eigenvalue weighted by atomic mass is 35.5. The smallest absolute Gasteiger partial charge is 0.285 e. The number of amides is 1. The van der Waals surface area contributed by atoms with E-state index in [9.17, 15) is 4.79 Å². The van der Waals surface area contributed by atoms with Crippen LogP contribution in [0.25, 0.3) is 0 Å². The fourth-order valence-electron chi connectivity index (χ4n) is 0.745. The number of carbonyl (C=O) groups is 1. The third-order valence-electron chi connectivity index (χ3n) is 1.26. The molecule has 0 spiro atoms. The van der Waals surface area contributed by atoms with Crippen LogP contribution in [-0.2, 0) is 0 Å². The minimum absolute atomic E-state index is 0.182. The fourth-order valence-corrected chi connectivity index (χ4v) is 0.920. The van der Waals surface area contributed by atoms with Gasteiger partial charge in [0, 0.05) is 0 Å². The van der Waals surface area contributed by atoms with Gasteiger partial charge in [-0.1, -0.05) is 11.6 Å². The maximum Gasteiger partial charge on any atom is 0.285 e. The lowest BCUT2D eigenvalue weighted by Crippen LogP contribution is -2.31. The second kappa shape index (κ2) is 3.46. The van der Waals surface area contributed by atoms with Crippen LogP contribution in [0.4, 0.5) is 0 Å². The van der Waals surface area contributed by atoms with Crippen molar-refractivity contribution >= 4 is 17.5 Å². The van der Waals surface area contributed by atoms with Gasteiger partial charge in [0.1, 0.15) is 5.15 Å². The van der Waals surface area contributed by atoms with Crippen molar-refractivity contribution < 1.29 is 4.79 Å². The number of nitrogens with one attached hydrogen (secondary N) is 1. The van der Waals surface area contributed by atoms with Gasteiger partial charge >= 0.3 is 0 Å². The van der Waals surface area contributed by atoms with Gasteiger partial charge in [0.15, 0.2) is 5.69 Å². The molecule has 12 heavy (non-hydrogen) atoms. The molecule has 1 aromatic rings. The predicted octanol–water partition coefficient (Wildman–Crippen LogP) is 0.0419. The Balaban J connectivity index is 3.09. The molecule has 1 heterocycles. The van der Waals surface area contributed by atoms with Gasteiger partial charge in [-0.15, -0.1) is 0 Å². The lowest BCUT2D eigenvalue weighted by Gasteiger charge is -2.01. The zero-order valence-corrected chi connectivity index (χ0v) is 7.09. The van der Waals surface area contributed by atoms with Gasteiger partial charge in [0.25, 0.3) is 5.91 Å². The Hall–Kier alpha value is -1.20. The number of hydrogen-bond donors (Lipinski definition) is 2. The molecular formula is C6H7ClN4O. The van der Waals surface area contributed by atoms with Crippen LogP contribution in [0, 0.1) is 6.92 Å². The Morgan fingerprint density at radius 2 is 2.42 bits per heavy atom. The third kappa shape index (κ3) is 1.69. The summed E-state index contributed by atoms with van der Waals surface area (Å²) < 4.78 is 0. The molecule has 0 aliphatic heterocycles. The minimum atomic E-state index is -0.475. The normalized spacial score (nSPS) is 9.58. The molecule has 0 saturated carbocycles. The van der Waals surface area contributed by atoms with Crippen molar-refractivity contribution in [1.29, 1.82) is 0 Å². The summed E-state index contributed by atoms with van der Waals surface area (Å²) in [5.74, 6) is 4.44. The first-order valence-corrected chi connectivity index (χ1v) is 3.53. The third-order valence-corrected chi connectivity index (χ3v) is 1.45. The Kier molecular flexibility index (Phi) is 2.57. The average Bonchev–Trinajstić information content (AvgIpc) is 2.03. The van der Waals surface area contributed by atoms with Crippen LogP contribution in [0.5, 0.6) is 0 Å². The number of nitrogens with zero attached hydrogens (tertiary/aromatic N) is 2. The molecule has 0 bridgehead atoms. The molecule has 0 aromatic carbocycles. The lowest BCUT2D eigenvalue weighted by atomic mass is 10.3. The predicted molar refractivity (Wildman–Crippen MR) is 43.4 cm³/mol. The summed E-state index contributed by atoms with van der Waals surface area (Å²) in [5.41, 5.74) is 2.59. The van der Waals surface area contributed by atoms with E-state index in [0.29, 0.717) is 5.69 Å². The van der Waals surface area contributed by atoms with Gasteiger partial charge in [-0.2, -0.15) is 0 Å². The first kappa shape index (κ1) is 8.89. The Morgan fingerprint density at radius 3 is 2.92 bits per heavy atom. The number of hydrogen-bond acceptors (Lipinski definition) is 4. The Labute approximate surface area is 73.9 Å². The highest BCUT2D eigenvalue weighted by Crippen LogP contribution is 2.06. The molecule has 1 aromatic heterocycles. The first-order valence-electron chi connectivity index (χ1n) is 3.15. The molecule has 0 radical (unpaired) electrons. The highest BCUT2D eigenvalue weighted by molar-refractivity contribution is 6.29. The molecular weight excluding hydrogens is 180 g/mol. The molecule has 3 N–H and O–H groups in total. The summed E-state index contributed by atoms with van der Waals surface area (Å²) in [6, 6.07) is 0. The van der Waals surface area contributed by atoms with E-state index in [1.54, 1.807) is 6.92 Å². The van der Waals surface area contributed by atoms with Gasteiger partial charge in [-0.05, 0) is 6.92 Å². The summed E-state index contributed by atoms with van der Waals surface area (Å²) in [7, 11) is 0. The quantitative estimate of drug-likeness (QED) is 0.369. The van der Waals surface area contributed by atoms with E-state index in [2.05, 4.69) is 9.97 Å².